The summed E-state index contributed by atoms with van der Waals surface area (Å²) in [4.78, 5) is 16.2. The monoisotopic (exact) mass is 290 g/mol. The van der Waals surface area contributed by atoms with Gasteiger partial charge in [0.1, 0.15) is 6.54 Å². The van der Waals surface area contributed by atoms with E-state index < -0.39 is 0 Å². The van der Waals surface area contributed by atoms with E-state index in [0.717, 1.165) is 18.4 Å². The van der Waals surface area contributed by atoms with E-state index in [0.29, 0.717) is 29.0 Å². The van der Waals surface area contributed by atoms with E-state index in [4.69, 9.17) is 15.2 Å². The number of methoxy groups -OCH3 is 2. The molecule has 0 unspecified atom stereocenters. The highest BCUT2D eigenvalue weighted by molar-refractivity contribution is 5.85. The first-order chi connectivity index (χ1) is 10.1. The fourth-order valence-electron chi connectivity index (χ4n) is 2.28. The molecule has 1 saturated carbocycles. The van der Waals surface area contributed by atoms with Crippen LogP contribution in [0.15, 0.2) is 12.1 Å². The number of anilines is 1. The summed E-state index contributed by atoms with van der Waals surface area (Å²) in [5, 5.41) is 2.94. The number of carbonyl (C=O) groups is 1. The number of imidazole rings is 1. The standard InChI is InChI=1S/C14H18N4O3/c1-20-11-5-9-10(6-12(11)21-2)18(14(15)17-9)7-13(19)16-8-3-4-8/h5-6,8H,3-4,7H2,1-2H3,(H2,15,17)(H,16,19). The summed E-state index contributed by atoms with van der Waals surface area (Å²) < 4.78 is 12.2. The number of aromatic nitrogens is 2. The SMILES string of the molecule is COc1cc2nc(N)n(CC(=O)NC3CC3)c2cc1OC. The molecule has 1 aliphatic carbocycles. The van der Waals surface area contributed by atoms with Crippen molar-refractivity contribution in [2.45, 2.75) is 25.4 Å². The molecule has 7 heteroatoms. The Morgan fingerprint density at radius 3 is 2.67 bits per heavy atom. The van der Waals surface area contributed by atoms with Gasteiger partial charge in [0.25, 0.3) is 0 Å². The third kappa shape index (κ3) is 2.58. The maximum atomic E-state index is 12.0. The third-order valence-corrected chi connectivity index (χ3v) is 3.53. The van der Waals surface area contributed by atoms with Crippen LogP contribution in [0, 0.1) is 0 Å². The number of nitrogens with zero attached hydrogens (tertiary/aromatic N) is 2. The first-order valence-electron chi connectivity index (χ1n) is 6.79. The summed E-state index contributed by atoms with van der Waals surface area (Å²) in [5.41, 5.74) is 7.34. The van der Waals surface area contributed by atoms with Gasteiger partial charge in [0, 0.05) is 18.2 Å². The zero-order chi connectivity index (χ0) is 15.0. The van der Waals surface area contributed by atoms with Crippen molar-refractivity contribution >= 4 is 22.9 Å². The highest BCUT2D eigenvalue weighted by Crippen LogP contribution is 2.32. The van der Waals surface area contributed by atoms with Gasteiger partial charge in [-0.1, -0.05) is 0 Å². The lowest BCUT2D eigenvalue weighted by Crippen LogP contribution is -2.29. The summed E-state index contributed by atoms with van der Waals surface area (Å²) in [5.74, 6) is 1.40. The average Bonchev–Trinajstić information content (AvgIpc) is 3.22. The van der Waals surface area contributed by atoms with Crippen LogP contribution >= 0.6 is 0 Å². The lowest BCUT2D eigenvalue weighted by molar-refractivity contribution is -0.121. The first kappa shape index (κ1) is 13.5. The highest BCUT2D eigenvalue weighted by Gasteiger charge is 2.24. The molecular formula is C14H18N4O3. The third-order valence-electron chi connectivity index (χ3n) is 3.53. The van der Waals surface area contributed by atoms with Crippen LogP contribution < -0.4 is 20.5 Å². The molecular weight excluding hydrogens is 272 g/mol. The predicted molar refractivity (Wildman–Crippen MR) is 78.4 cm³/mol. The maximum Gasteiger partial charge on any atom is 0.240 e. The van der Waals surface area contributed by atoms with Crippen LogP contribution in [0.5, 0.6) is 11.5 Å². The van der Waals surface area contributed by atoms with Crippen LogP contribution in [0.2, 0.25) is 0 Å². The summed E-state index contributed by atoms with van der Waals surface area (Å²) in [6.45, 7) is 0.147. The Morgan fingerprint density at radius 2 is 2.05 bits per heavy atom. The van der Waals surface area contributed by atoms with Crippen molar-refractivity contribution in [2.75, 3.05) is 20.0 Å². The second kappa shape index (κ2) is 5.16. The average molecular weight is 290 g/mol. The first-order valence-corrected chi connectivity index (χ1v) is 6.79. The van der Waals surface area contributed by atoms with E-state index in [2.05, 4.69) is 10.3 Å². The molecule has 2 aromatic rings. The Balaban J connectivity index is 1.96. The fraction of sp³-hybridized carbons (Fsp3) is 0.429. The molecule has 3 rings (SSSR count). The molecule has 0 bridgehead atoms. The van der Waals surface area contributed by atoms with Crippen LogP contribution in [-0.4, -0.2) is 35.7 Å². The van der Waals surface area contributed by atoms with Gasteiger partial charge < -0.3 is 25.1 Å². The van der Waals surface area contributed by atoms with E-state index in [1.54, 1.807) is 30.9 Å². The van der Waals surface area contributed by atoms with Crippen molar-refractivity contribution < 1.29 is 14.3 Å². The molecule has 1 amide bonds. The van der Waals surface area contributed by atoms with Crippen LogP contribution in [0.1, 0.15) is 12.8 Å². The van der Waals surface area contributed by atoms with Crippen LogP contribution in [0.4, 0.5) is 5.95 Å². The normalized spacial score (nSPS) is 14.2. The van der Waals surface area contributed by atoms with Crippen molar-refractivity contribution in [1.29, 1.82) is 0 Å². The number of hydrogen-bond donors (Lipinski definition) is 2. The zero-order valence-electron chi connectivity index (χ0n) is 12.0. The lowest BCUT2D eigenvalue weighted by Gasteiger charge is -2.09. The number of ether oxygens (including phenoxy) is 2. The molecule has 0 radical (unpaired) electrons. The number of carbonyl (C=O) groups excluding carboxylic acids is 1. The summed E-state index contributed by atoms with van der Waals surface area (Å²) in [6.07, 6.45) is 2.11. The van der Waals surface area contributed by atoms with Crippen molar-refractivity contribution in [1.82, 2.24) is 14.9 Å². The zero-order valence-corrected chi connectivity index (χ0v) is 12.0. The number of fused-ring (bicyclic) bond motifs is 1. The molecule has 1 fully saturated rings. The number of nitrogens with two attached hydrogens (primary N) is 1. The van der Waals surface area contributed by atoms with Crippen LogP contribution in [0.3, 0.4) is 0 Å². The van der Waals surface area contributed by atoms with Gasteiger partial charge in [-0.3, -0.25) is 4.79 Å². The van der Waals surface area contributed by atoms with E-state index in [1.807, 2.05) is 0 Å². The Labute approximate surface area is 122 Å². The molecule has 7 nitrogen and oxygen atoms in total. The summed E-state index contributed by atoms with van der Waals surface area (Å²) in [6, 6.07) is 3.85. The van der Waals surface area contributed by atoms with Gasteiger partial charge in [0.05, 0.1) is 25.3 Å². The second-order valence-electron chi connectivity index (χ2n) is 5.09. The molecule has 1 aromatic carbocycles. The topological polar surface area (TPSA) is 91.4 Å². The number of nitrogens with one attached hydrogen (secondary N) is 1. The molecule has 21 heavy (non-hydrogen) atoms. The number of nitrogen functional groups attached to an aromatic ring is 1. The van der Waals surface area contributed by atoms with Crippen molar-refractivity contribution in [3.05, 3.63) is 12.1 Å². The van der Waals surface area contributed by atoms with Gasteiger partial charge in [-0.25, -0.2) is 4.98 Å². The van der Waals surface area contributed by atoms with Crippen LogP contribution in [0.25, 0.3) is 11.0 Å². The molecule has 0 aliphatic heterocycles. The van der Waals surface area contributed by atoms with Crippen molar-refractivity contribution in [2.24, 2.45) is 0 Å². The maximum absolute atomic E-state index is 12.0. The molecule has 3 N–H and O–H groups in total. The van der Waals surface area contributed by atoms with Gasteiger partial charge in [0.2, 0.25) is 11.9 Å². The molecule has 0 spiro atoms. The number of rotatable bonds is 5. The largest absolute Gasteiger partial charge is 0.493 e. The van der Waals surface area contributed by atoms with Gasteiger partial charge in [-0.2, -0.15) is 0 Å². The number of benzene rings is 1. The number of amides is 1. The van der Waals surface area contributed by atoms with Crippen molar-refractivity contribution in [3.63, 3.8) is 0 Å². The van der Waals surface area contributed by atoms with E-state index >= 15 is 0 Å². The van der Waals surface area contributed by atoms with Crippen molar-refractivity contribution in [3.8, 4) is 11.5 Å². The molecule has 1 aromatic heterocycles. The summed E-state index contributed by atoms with van der Waals surface area (Å²) in [7, 11) is 3.13. The second-order valence-corrected chi connectivity index (χ2v) is 5.09. The minimum absolute atomic E-state index is 0.0571. The van der Waals surface area contributed by atoms with E-state index in [9.17, 15) is 4.79 Å². The smallest absolute Gasteiger partial charge is 0.240 e. The summed E-state index contributed by atoms with van der Waals surface area (Å²) >= 11 is 0. The quantitative estimate of drug-likeness (QED) is 0.854. The van der Waals surface area contributed by atoms with Gasteiger partial charge >= 0.3 is 0 Å². The minimum atomic E-state index is -0.0571. The molecule has 1 heterocycles. The molecule has 112 valence electrons. The molecule has 0 atom stereocenters. The molecule has 0 saturated heterocycles. The molecule has 1 aliphatic rings. The van der Waals surface area contributed by atoms with E-state index in [1.165, 1.54) is 0 Å². The highest BCUT2D eigenvalue weighted by atomic mass is 16.5. The fourth-order valence-corrected chi connectivity index (χ4v) is 2.28. The van der Waals surface area contributed by atoms with Crippen LogP contribution in [-0.2, 0) is 11.3 Å². The number of hydrogen-bond acceptors (Lipinski definition) is 5. The minimum Gasteiger partial charge on any atom is -0.493 e. The Hall–Kier alpha value is -2.44. The Morgan fingerprint density at radius 1 is 1.38 bits per heavy atom. The lowest BCUT2D eigenvalue weighted by atomic mass is 10.2. The predicted octanol–water partition coefficient (Wildman–Crippen LogP) is 0.914. The van der Waals surface area contributed by atoms with Gasteiger partial charge in [0.15, 0.2) is 11.5 Å². The van der Waals surface area contributed by atoms with E-state index in [-0.39, 0.29) is 12.5 Å². The Bertz CT molecular complexity index is 691. The van der Waals surface area contributed by atoms with Gasteiger partial charge in [-0.15, -0.1) is 0 Å². The Kier molecular flexibility index (Phi) is 3.32. The van der Waals surface area contributed by atoms with Gasteiger partial charge in [-0.05, 0) is 12.8 Å².